The first-order valence-electron chi connectivity index (χ1n) is 5.51. The molecule has 0 N–H and O–H groups in total. The largest absolute Gasteiger partial charge is 0.480 e. The van der Waals surface area contributed by atoms with Crippen molar-refractivity contribution in [1.29, 1.82) is 0 Å². The van der Waals surface area contributed by atoms with Gasteiger partial charge in [0.2, 0.25) is 11.7 Å². The minimum atomic E-state index is -0.685. The molecule has 0 unspecified atom stereocenters. The summed E-state index contributed by atoms with van der Waals surface area (Å²) < 4.78 is 14.6. The lowest BCUT2D eigenvalue weighted by molar-refractivity contribution is 0.0545. The van der Waals surface area contributed by atoms with Crippen molar-refractivity contribution >= 4 is 5.97 Å². The predicted molar refractivity (Wildman–Crippen MR) is 64.9 cm³/mol. The van der Waals surface area contributed by atoms with Gasteiger partial charge in [0.15, 0.2) is 0 Å². The van der Waals surface area contributed by atoms with Crippen LogP contribution in [-0.2, 0) is 4.74 Å². The van der Waals surface area contributed by atoms with E-state index in [0.29, 0.717) is 11.4 Å². The fourth-order valence-electron chi connectivity index (χ4n) is 1.72. The molecular weight excluding hydrogens is 250 g/mol. The minimum absolute atomic E-state index is 0.209. The number of carbonyl (C=O) groups is 1. The van der Waals surface area contributed by atoms with Gasteiger partial charge in [-0.15, -0.1) is 0 Å². The highest BCUT2D eigenvalue weighted by atomic mass is 16.6. The second-order valence-corrected chi connectivity index (χ2v) is 3.88. The Morgan fingerprint density at radius 2 is 2.00 bits per heavy atom. The third kappa shape index (κ3) is 2.40. The van der Waals surface area contributed by atoms with Gasteiger partial charge in [0.1, 0.15) is 0 Å². The number of ether oxygens (including phenoxy) is 2. The highest BCUT2D eigenvalue weighted by molar-refractivity contribution is 5.84. The molecule has 2 heterocycles. The first kappa shape index (κ1) is 13.0. The van der Waals surface area contributed by atoms with E-state index in [1.807, 2.05) is 19.9 Å². The molecule has 100 valence electrons. The number of rotatable bonds is 3. The van der Waals surface area contributed by atoms with Crippen LogP contribution in [-0.4, -0.2) is 35.3 Å². The Labute approximate surface area is 109 Å². The van der Waals surface area contributed by atoms with E-state index in [9.17, 15) is 4.79 Å². The molecule has 19 heavy (non-hydrogen) atoms. The average Bonchev–Trinajstić information content (AvgIpc) is 2.85. The van der Waals surface area contributed by atoms with Crippen molar-refractivity contribution in [2.75, 3.05) is 14.2 Å². The van der Waals surface area contributed by atoms with Crippen molar-refractivity contribution in [2.24, 2.45) is 0 Å². The monoisotopic (exact) mass is 263 g/mol. The second kappa shape index (κ2) is 5.05. The van der Waals surface area contributed by atoms with Crippen LogP contribution in [0.15, 0.2) is 10.6 Å². The Balaban J connectivity index is 2.52. The van der Waals surface area contributed by atoms with Gasteiger partial charge in [-0.05, 0) is 25.5 Å². The van der Waals surface area contributed by atoms with Crippen molar-refractivity contribution in [2.45, 2.75) is 13.8 Å². The Hall–Kier alpha value is -2.44. The van der Waals surface area contributed by atoms with Gasteiger partial charge < -0.3 is 14.0 Å². The smallest absolute Gasteiger partial charge is 0.397 e. The van der Waals surface area contributed by atoms with Crippen LogP contribution in [0.1, 0.15) is 21.9 Å². The topological polar surface area (TPSA) is 87.3 Å². The lowest BCUT2D eigenvalue weighted by Gasteiger charge is -2.08. The van der Waals surface area contributed by atoms with E-state index in [1.54, 1.807) is 0 Å². The summed E-state index contributed by atoms with van der Waals surface area (Å²) in [5.74, 6) is -0.271. The van der Waals surface area contributed by atoms with Crippen LogP contribution in [0.3, 0.4) is 0 Å². The third-order valence-electron chi connectivity index (χ3n) is 2.51. The van der Waals surface area contributed by atoms with Gasteiger partial charge in [0.25, 0.3) is 0 Å². The Morgan fingerprint density at radius 3 is 2.63 bits per heavy atom. The van der Waals surface area contributed by atoms with Crippen LogP contribution in [0.25, 0.3) is 11.4 Å². The van der Waals surface area contributed by atoms with Crippen molar-refractivity contribution in [3.63, 3.8) is 0 Å². The maximum atomic E-state index is 11.3. The Morgan fingerprint density at radius 1 is 1.26 bits per heavy atom. The van der Waals surface area contributed by atoms with Crippen molar-refractivity contribution in [3.05, 3.63) is 23.2 Å². The van der Waals surface area contributed by atoms with Crippen molar-refractivity contribution in [1.82, 2.24) is 15.1 Å². The Bertz CT molecular complexity index is 621. The molecular formula is C12H13N3O4. The molecule has 0 bridgehead atoms. The zero-order chi connectivity index (χ0) is 14.0. The summed E-state index contributed by atoms with van der Waals surface area (Å²) in [6, 6.07) is 1.87. The lowest BCUT2D eigenvalue weighted by Crippen LogP contribution is -2.02. The van der Waals surface area contributed by atoms with Crippen LogP contribution in [0.2, 0.25) is 0 Å². The number of pyridine rings is 1. The number of hydrogen-bond donors (Lipinski definition) is 0. The summed E-state index contributed by atoms with van der Waals surface area (Å²) in [4.78, 5) is 19.5. The number of aromatic nitrogens is 3. The summed E-state index contributed by atoms with van der Waals surface area (Å²) in [6.07, 6.45) is 0. The first-order valence-corrected chi connectivity index (χ1v) is 5.51. The van der Waals surface area contributed by atoms with Crippen LogP contribution in [0.4, 0.5) is 0 Å². The van der Waals surface area contributed by atoms with Crippen LogP contribution < -0.4 is 4.74 Å². The molecule has 0 aliphatic carbocycles. The van der Waals surface area contributed by atoms with E-state index in [0.717, 1.165) is 11.3 Å². The molecule has 0 spiro atoms. The third-order valence-corrected chi connectivity index (χ3v) is 2.51. The number of aryl methyl sites for hydroxylation is 2. The molecule has 7 heteroatoms. The summed E-state index contributed by atoms with van der Waals surface area (Å²) in [7, 11) is 2.75. The molecule has 7 nitrogen and oxygen atoms in total. The molecule has 0 saturated heterocycles. The normalized spacial score (nSPS) is 10.3. The predicted octanol–water partition coefficient (Wildman–Crippen LogP) is 1.54. The highest BCUT2D eigenvalue weighted by Gasteiger charge is 2.21. The summed E-state index contributed by atoms with van der Waals surface area (Å²) >= 11 is 0. The van der Waals surface area contributed by atoms with E-state index in [1.165, 1.54) is 14.2 Å². The number of carbonyl (C=O) groups excluding carboxylic acids is 1. The second-order valence-electron chi connectivity index (χ2n) is 3.88. The van der Waals surface area contributed by atoms with Gasteiger partial charge in [-0.3, -0.25) is 0 Å². The zero-order valence-corrected chi connectivity index (χ0v) is 11.1. The van der Waals surface area contributed by atoms with E-state index >= 15 is 0 Å². The molecule has 2 aromatic heterocycles. The van der Waals surface area contributed by atoms with Gasteiger partial charge >= 0.3 is 11.9 Å². The van der Waals surface area contributed by atoms with E-state index in [2.05, 4.69) is 19.9 Å². The highest BCUT2D eigenvalue weighted by Crippen LogP contribution is 2.29. The molecule has 0 aliphatic heterocycles. The summed E-state index contributed by atoms with van der Waals surface area (Å²) in [5.41, 5.74) is 2.28. The SMILES string of the molecule is COC(=O)c1nc(-c2c(C)cc(C)nc2OC)no1. The van der Waals surface area contributed by atoms with Crippen molar-refractivity contribution in [3.8, 4) is 17.3 Å². The fraction of sp³-hybridized carbons (Fsp3) is 0.333. The number of hydrogen-bond acceptors (Lipinski definition) is 7. The van der Waals surface area contributed by atoms with Crippen molar-refractivity contribution < 1.29 is 18.8 Å². The molecule has 0 atom stereocenters. The van der Waals surface area contributed by atoms with Gasteiger partial charge in [-0.2, -0.15) is 4.98 Å². The molecule has 0 aromatic carbocycles. The van der Waals surface area contributed by atoms with Gasteiger partial charge in [0.05, 0.1) is 19.8 Å². The number of esters is 1. The van der Waals surface area contributed by atoms with Crippen LogP contribution in [0.5, 0.6) is 5.88 Å². The maximum Gasteiger partial charge on any atom is 0.397 e. The number of methoxy groups -OCH3 is 2. The van der Waals surface area contributed by atoms with Crippen LogP contribution in [0, 0.1) is 13.8 Å². The van der Waals surface area contributed by atoms with E-state index in [4.69, 9.17) is 9.26 Å². The van der Waals surface area contributed by atoms with Gasteiger partial charge in [-0.1, -0.05) is 5.16 Å². The molecule has 0 amide bonds. The van der Waals surface area contributed by atoms with Gasteiger partial charge in [-0.25, -0.2) is 9.78 Å². The first-order chi connectivity index (χ1) is 9.06. The zero-order valence-electron chi connectivity index (χ0n) is 11.1. The standard InChI is InChI=1S/C12H13N3O4/c1-6-5-7(2)13-10(17-3)8(6)9-14-11(19-15-9)12(16)18-4/h5H,1-4H3. The lowest BCUT2D eigenvalue weighted by atomic mass is 10.1. The molecule has 0 radical (unpaired) electrons. The molecule has 0 saturated carbocycles. The summed E-state index contributed by atoms with van der Waals surface area (Å²) in [6.45, 7) is 3.73. The fourth-order valence-corrected chi connectivity index (χ4v) is 1.72. The van der Waals surface area contributed by atoms with Crippen LogP contribution >= 0.6 is 0 Å². The minimum Gasteiger partial charge on any atom is -0.480 e. The van der Waals surface area contributed by atoms with Gasteiger partial charge in [0, 0.05) is 5.69 Å². The number of nitrogens with zero attached hydrogens (tertiary/aromatic N) is 3. The quantitative estimate of drug-likeness (QED) is 0.776. The van der Waals surface area contributed by atoms with E-state index < -0.39 is 5.97 Å². The van der Waals surface area contributed by atoms with E-state index in [-0.39, 0.29) is 11.7 Å². The summed E-state index contributed by atoms with van der Waals surface area (Å²) in [5, 5.41) is 3.75. The molecule has 0 aliphatic rings. The average molecular weight is 263 g/mol. The maximum absolute atomic E-state index is 11.3. The Kier molecular flexibility index (Phi) is 3.46. The molecule has 2 rings (SSSR count). The molecule has 0 fully saturated rings. The molecule has 2 aromatic rings.